The lowest BCUT2D eigenvalue weighted by molar-refractivity contribution is 0.112. The van der Waals surface area contributed by atoms with Gasteiger partial charge in [-0.05, 0) is 6.07 Å². The van der Waals surface area contributed by atoms with E-state index in [0.29, 0.717) is 17.7 Å². The molecule has 0 aliphatic heterocycles. The Bertz CT molecular complexity index is 259. The standard InChI is InChI=1S/C6H7N3O/c7-4-1-5(8)6(3-10)9-2-4/h1-3H,7-8H2. The second-order valence-electron chi connectivity index (χ2n) is 1.86. The number of aldehydes is 1. The minimum atomic E-state index is 0.231. The Morgan fingerprint density at radius 2 is 2.20 bits per heavy atom. The van der Waals surface area contributed by atoms with Crippen LogP contribution in [0.15, 0.2) is 12.3 Å². The van der Waals surface area contributed by atoms with Gasteiger partial charge in [-0.2, -0.15) is 0 Å². The zero-order valence-corrected chi connectivity index (χ0v) is 5.24. The van der Waals surface area contributed by atoms with Gasteiger partial charge in [0.25, 0.3) is 0 Å². The van der Waals surface area contributed by atoms with Crippen LogP contribution in [0.25, 0.3) is 0 Å². The van der Waals surface area contributed by atoms with Crippen molar-refractivity contribution in [3.8, 4) is 0 Å². The molecule has 1 rings (SSSR count). The number of nitrogens with zero attached hydrogens (tertiary/aromatic N) is 1. The maximum atomic E-state index is 10.2. The fourth-order valence-corrected chi connectivity index (χ4v) is 0.608. The molecule has 0 bridgehead atoms. The number of aromatic nitrogens is 1. The number of carbonyl (C=O) groups excluding carboxylic acids is 1. The van der Waals surface area contributed by atoms with Crippen molar-refractivity contribution in [3.05, 3.63) is 18.0 Å². The van der Waals surface area contributed by atoms with E-state index in [-0.39, 0.29) is 5.69 Å². The number of carbonyl (C=O) groups is 1. The molecule has 1 heterocycles. The molecule has 0 saturated carbocycles. The van der Waals surface area contributed by atoms with Crippen LogP contribution in [0.1, 0.15) is 10.5 Å². The summed E-state index contributed by atoms with van der Waals surface area (Å²) < 4.78 is 0. The topological polar surface area (TPSA) is 82.0 Å². The van der Waals surface area contributed by atoms with Gasteiger partial charge in [0.05, 0.1) is 17.6 Å². The van der Waals surface area contributed by atoms with Crippen molar-refractivity contribution in [3.63, 3.8) is 0 Å². The average Bonchev–Trinajstić information content (AvgIpc) is 1.88. The highest BCUT2D eigenvalue weighted by Crippen LogP contribution is 2.09. The first-order valence-corrected chi connectivity index (χ1v) is 2.70. The SMILES string of the molecule is Nc1cnc(C=O)c(N)c1. The molecule has 1 aromatic rings. The zero-order chi connectivity index (χ0) is 7.56. The maximum absolute atomic E-state index is 10.2. The molecular weight excluding hydrogens is 130 g/mol. The maximum Gasteiger partial charge on any atom is 0.170 e. The average molecular weight is 137 g/mol. The second kappa shape index (κ2) is 2.34. The third-order valence-corrected chi connectivity index (χ3v) is 1.08. The van der Waals surface area contributed by atoms with Crippen LogP contribution in [-0.2, 0) is 0 Å². The van der Waals surface area contributed by atoms with Crippen molar-refractivity contribution in [2.24, 2.45) is 0 Å². The van der Waals surface area contributed by atoms with E-state index in [9.17, 15) is 4.79 Å². The van der Waals surface area contributed by atoms with Crippen LogP contribution in [-0.4, -0.2) is 11.3 Å². The highest BCUT2D eigenvalue weighted by Gasteiger charge is 1.96. The van der Waals surface area contributed by atoms with Crippen molar-refractivity contribution in [2.75, 3.05) is 11.5 Å². The van der Waals surface area contributed by atoms with Gasteiger partial charge in [-0.25, -0.2) is 4.98 Å². The van der Waals surface area contributed by atoms with Gasteiger partial charge in [0.15, 0.2) is 6.29 Å². The third kappa shape index (κ3) is 1.05. The van der Waals surface area contributed by atoms with Gasteiger partial charge >= 0.3 is 0 Å². The van der Waals surface area contributed by atoms with Crippen molar-refractivity contribution in [2.45, 2.75) is 0 Å². The number of hydrogen-bond donors (Lipinski definition) is 2. The van der Waals surface area contributed by atoms with Crippen LogP contribution < -0.4 is 11.5 Å². The van der Waals surface area contributed by atoms with Crippen LogP contribution >= 0.6 is 0 Å². The molecule has 4 heteroatoms. The van der Waals surface area contributed by atoms with Crippen LogP contribution in [0, 0.1) is 0 Å². The molecular formula is C6H7N3O. The molecule has 0 radical (unpaired) electrons. The van der Waals surface area contributed by atoms with E-state index >= 15 is 0 Å². The van der Waals surface area contributed by atoms with E-state index in [4.69, 9.17) is 11.5 Å². The van der Waals surface area contributed by atoms with Gasteiger partial charge < -0.3 is 11.5 Å². The number of pyridine rings is 1. The molecule has 0 aliphatic carbocycles. The van der Waals surface area contributed by atoms with E-state index in [2.05, 4.69) is 4.98 Å². The van der Waals surface area contributed by atoms with E-state index in [1.165, 1.54) is 12.3 Å². The lowest BCUT2D eigenvalue weighted by atomic mass is 10.3. The Hall–Kier alpha value is -1.58. The van der Waals surface area contributed by atoms with E-state index in [0.717, 1.165) is 0 Å². The van der Waals surface area contributed by atoms with Crippen molar-refractivity contribution >= 4 is 17.7 Å². The normalized spacial score (nSPS) is 9.20. The minimum Gasteiger partial charge on any atom is -0.397 e. The Morgan fingerprint density at radius 1 is 1.50 bits per heavy atom. The lowest BCUT2D eigenvalue weighted by Gasteiger charge is -1.96. The molecule has 4 nitrogen and oxygen atoms in total. The molecule has 0 unspecified atom stereocenters. The van der Waals surface area contributed by atoms with E-state index in [1.54, 1.807) is 0 Å². The number of hydrogen-bond acceptors (Lipinski definition) is 4. The van der Waals surface area contributed by atoms with Crippen molar-refractivity contribution in [1.29, 1.82) is 0 Å². The van der Waals surface area contributed by atoms with Crippen LogP contribution in [0.4, 0.5) is 11.4 Å². The minimum absolute atomic E-state index is 0.231. The molecule has 0 fully saturated rings. The summed E-state index contributed by atoms with van der Waals surface area (Å²) in [6, 6.07) is 1.50. The zero-order valence-electron chi connectivity index (χ0n) is 5.24. The molecule has 0 spiro atoms. The number of rotatable bonds is 1. The summed E-state index contributed by atoms with van der Waals surface area (Å²) in [5, 5.41) is 0. The van der Waals surface area contributed by atoms with Crippen molar-refractivity contribution < 1.29 is 4.79 Å². The fourth-order valence-electron chi connectivity index (χ4n) is 0.608. The Balaban J connectivity index is 3.19. The Kier molecular flexibility index (Phi) is 1.53. The van der Waals surface area contributed by atoms with Gasteiger partial charge in [-0.3, -0.25) is 4.79 Å². The molecule has 1 aromatic heterocycles. The predicted octanol–water partition coefficient (Wildman–Crippen LogP) is 0.0585. The second-order valence-corrected chi connectivity index (χ2v) is 1.86. The molecule has 0 atom stereocenters. The first-order chi connectivity index (χ1) is 4.74. The van der Waals surface area contributed by atoms with Gasteiger partial charge in [0, 0.05) is 0 Å². The van der Waals surface area contributed by atoms with Gasteiger partial charge in [-0.15, -0.1) is 0 Å². The summed E-state index contributed by atoms with van der Waals surface area (Å²) in [4.78, 5) is 13.8. The summed E-state index contributed by atoms with van der Waals surface area (Å²) in [7, 11) is 0. The molecule has 0 amide bonds. The first kappa shape index (κ1) is 6.54. The quantitative estimate of drug-likeness (QED) is 0.536. The molecule has 0 saturated heterocycles. The number of nitrogens with two attached hydrogens (primary N) is 2. The first-order valence-electron chi connectivity index (χ1n) is 2.70. The highest BCUT2D eigenvalue weighted by molar-refractivity contribution is 5.81. The van der Waals surface area contributed by atoms with Gasteiger partial charge in [0.2, 0.25) is 0 Å². The van der Waals surface area contributed by atoms with E-state index < -0.39 is 0 Å². The van der Waals surface area contributed by atoms with Gasteiger partial charge in [-0.1, -0.05) is 0 Å². The largest absolute Gasteiger partial charge is 0.397 e. The van der Waals surface area contributed by atoms with E-state index in [1.807, 2.05) is 0 Å². The van der Waals surface area contributed by atoms with Crippen LogP contribution in [0.3, 0.4) is 0 Å². The van der Waals surface area contributed by atoms with Crippen LogP contribution in [0.5, 0.6) is 0 Å². The Morgan fingerprint density at radius 3 is 2.70 bits per heavy atom. The smallest absolute Gasteiger partial charge is 0.170 e. The fraction of sp³-hybridized carbons (Fsp3) is 0. The Labute approximate surface area is 57.9 Å². The molecule has 10 heavy (non-hydrogen) atoms. The monoisotopic (exact) mass is 137 g/mol. The third-order valence-electron chi connectivity index (χ3n) is 1.08. The predicted molar refractivity (Wildman–Crippen MR) is 38.4 cm³/mol. The van der Waals surface area contributed by atoms with Crippen LogP contribution in [0.2, 0.25) is 0 Å². The molecule has 0 aliphatic rings. The summed E-state index contributed by atoms with van der Waals surface area (Å²) >= 11 is 0. The lowest BCUT2D eigenvalue weighted by Crippen LogP contribution is -1.98. The van der Waals surface area contributed by atoms with Crippen molar-refractivity contribution in [1.82, 2.24) is 4.98 Å². The summed E-state index contributed by atoms with van der Waals surface area (Å²) in [6.07, 6.45) is 1.98. The number of anilines is 2. The summed E-state index contributed by atoms with van der Waals surface area (Å²) in [6.45, 7) is 0. The molecule has 4 N–H and O–H groups in total. The summed E-state index contributed by atoms with van der Waals surface area (Å²) in [5.41, 5.74) is 11.7. The molecule has 0 aromatic carbocycles. The summed E-state index contributed by atoms with van der Waals surface area (Å²) in [5.74, 6) is 0. The molecule has 52 valence electrons. The highest BCUT2D eigenvalue weighted by atomic mass is 16.1. The van der Waals surface area contributed by atoms with Gasteiger partial charge in [0.1, 0.15) is 5.69 Å². The number of nitrogen functional groups attached to an aromatic ring is 2.